The average molecular weight is 441 g/mol. The largest absolute Gasteiger partial charge is 1.00 e. The van der Waals surface area contributed by atoms with Gasteiger partial charge in [0.25, 0.3) is 0 Å². The van der Waals surface area contributed by atoms with Crippen LogP contribution in [0.4, 0.5) is 0 Å². The molecule has 0 rings (SSSR count). The van der Waals surface area contributed by atoms with E-state index in [9.17, 15) is 19.8 Å². The Balaban J connectivity index is -0.00000364. The summed E-state index contributed by atoms with van der Waals surface area (Å²) in [6, 6.07) is 0. The summed E-state index contributed by atoms with van der Waals surface area (Å²) in [5.41, 5.74) is 0. The van der Waals surface area contributed by atoms with Gasteiger partial charge in [-0.05, 0) is 38.5 Å². The molecule has 0 aromatic carbocycles. The van der Waals surface area contributed by atoms with Crippen LogP contribution < -0.4 is 69.3 Å². The molecule has 0 aromatic rings. The van der Waals surface area contributed by atoms with Gasteiger partial charge < -0.3 is 19.8 Å². The Kier molecular flexibility index (Phi) is 32.6. The Labute approximate surface area is 229 Å². The molecule has 0 saturated carbocycles. The second-order valence-electron chi connectivity index (χ2n) is 8.03. The minimum Gasteiger partial charge on any atom is -0.550 e. The number of carbonyl (C=O) groups excluding carboxylic acids is 2. The van der Waals surface area contributed by atoms with Crippen LogP contribution in [-0.4, -0.2) is 11.9 Å². The fourth-order valence-corrected chi connectivity index (χ4v) is 3.50. The predicted molar refractivity (Wildman–Crippen MR) is 111 cm³/mol. The minimum absolute atomic E-state index is 0. The molecule has 0 bridgehead atoms. The van der Waals surface area contributed by atoms with E-state index in [2.05, 4.69) is 19.1 Å². The first-order chi connectivity index (χ1) is 13.6. The molecular weight excluding hydrogens is 398 g/mol. The van der Waals surface area contributed by atoms with Crippen LogP contribution in [0.3, 0.4) is 0 Å². The first kappa shape index (κ1) is 35.3. The molecule has 0 aliphatic heterocycles. The molecule has 0 radical (unpaired) electrons. The van der Waals surface area contributed by atoms with Crippen molar-refractivity contribution in [1.82, 2.24) is 0 Å². The van der Waals surface area contributed by atoms with Gasteiger partial charge >= 0.3 is 59.1 Å². The second-order valence-corrected chi connectivity index (χ2v) is 8.03. The first-order valence-corrected chi connectivity index (χ1v) is 11.6. The van der Waals surface area contributed by atoms with E-state index < -0.39 is 24.3 Å². The van der Waals surface area contributed by atoms with Crippen molar-refractivity contribution in [2.24, 2.45) is 5.92 Å². The van der Waals surface area contributed by atoms with E-state index in [0.717, 1.165) is 19.3 Å². The molecule has 0 aromatic heterocycles. The Morgan fingerprint density at radius 2 is 1.07 bits per heavy atom. The van der Waals surface area contributed by atoms with Crippen LogP contribution in [0.5, 0.6) is 0 Å². The molecule has 1 atom stereocenters. The van der Waals surface area contributed by atoms with Crippen molar-refractivity contribution in [3.8, 4) is 0 Å². The number of unbranched alkanes of at least 4 members (excludes halogenated alkanes) is 14. The molecule has 0 amide bonds. The Hall–Kier alpha value is 0.680. The van der Waals surface area contributed by atoms with Gasteiger partial charge in [-0.2, -0.15) is 0 Å². The second kappa shape index (κ2) is 27.7. The van der Waals surface area contributed by atoms with Crippen molar-refractivity contribution >= 4 is 11.9 Å². The maximum Gasteiger partial charge on any atom is 1.00 e. The van der Waals surface area contributed by atoms with Gasteiger partial charge in [0.2, 0.25) is 0 Å². The Morgan fingerprint density at radius 1 is 0.667 bits per heavy atom. The van der Waals surface area contributed by atoms with Gasteiger partial charge in [-0.1, -0.05) is 96.1 Å². The van der Waals surface area contributed by atoms with Gasteiger partial charge in [0.05, 0.1) is 0 Å². The molecule has 6 heteroatoms. The molecule has 0 spiro atoms. The van der Waals surface area contributed by atoms with Gasteiger partial charge in [-0.3, -0.25) is 0 Å². The van der Waals surface area contributed by atoms with E-state index in [1.54, 1.807) is 0 Å². The van der Waals surface area contributed by atoms with Crippen molar-refractivity contribution in [1.29, 1.82) is 0 Å². The van der Waals surface area contributed by atoms with E-state index in [1.807, 2.05) is 0 Å². The quantitative estimate of drug-likeness (QED) is 0.126. The zero-order chi connectivity index (χ0) is 20.9. The summed E-state index contributed by atoms with van der Waals surface area (Å²) in [7, 11) is 0. The van der Waals surface area contributed by atoms with E-state index in [-0.39, 0.29) is 59.1 Å². The minimum atomic E-state index is -1.31. The number of allylic oxidation sites excluding steroid dienone is 2. The standard InChI is InChI=1S/C24H44O4.2Na/c1-2-3-4-5-6-7-8-9-10-11-12-13-14-15-16-17-18-19-20-22(24(27)28)21-23(25)26;;/h7-8,22H,2-6,9-21H2,1H3,(H,25,26)(H,27,28);;/q;2*+1/p-2/b8-7+;;. The van der Waals surface area contributed by atoms with Crippen LogP contribution in [0.2, 0.25) is 0 Å². The van der Waals surface area contributed by atoms with Crippen LogP contribution in [0.25, 0.3) is 0 Å². The normalized spacial score (nSPS) is 11.6. The topological polar surface area (TPSA) is 80.3 Å². The van der Waals surface area contributed by atoms with Crippen molar-refractivity contribution in [3.63, 3.8) is 0 Å². The van der Waals surface area contributed by atoms with E-state index in [0.29, 0.717) is 6.42 Å². The zero-order valence-electron chi connectivity index (χ0n) is 20.1. The molecule has 0 heterocycles. The molecule has 0 aliphatic carbocycles. The van der Waals surface area contributed by atoms with Gasteiger partial charge in [-0.25, -0.2) is 0 Å². The van der Waals surface area contributed by atoms with Crippen molar-refractivity contribution < 1.29 is 78.9 Å². The van der Waals surface area contributed by atoms with Crippen LogP contribution in [-0.2, 0) is 9.59 Å². The molecule has 30 heavy (non-hydrogen) atoms. The summed E-state index contributed by atoms with van der Waals surface area (Å²) in [6.07, 6.45) is 24.2. The molecule has 1 unspecified atom stereocenters. The summed E-state index contributed by atoms with van der Waals surface area (Å²) in [4.78, 5) is 21.3. The Bertz CT molecular complexity index is 414. The third-order valence-corrected chi connectivity index (χ3v) is 5.31. The molecule has 164 valence electrons. The predicted octanol–water partition coefficient (Wildman–Crippen LogP) is -1.29. The number of hydrogen-bond acceptors (Lipinski definition) is 4. The van der Waals surface area contributed by atoms with Gasteiger partial charge in [0, 0.05) is 17.9 Å². The molecule has 0 N–H and O–H groups in total. The Morgan fingerprint density at radius 3 is 1.47 bits per heavy atom. The van der Waals surface area contributed by atoms with E-state index >= 15 is 0 Å². The van der Waals surface area contributed by atoms with Crippen molar-refractivity contribution in [3.05, 3.63) is 12.2 Å². The SMILES string of the molecule is CCCCCC/C=C/CCCCCCCCCCCCC(CC(=O)[O-])C(=O)[O-].[Na+].[Na+]. The summed E-state index contributed by atoms with van der Waals surface area (Å²) >= 11 is 0. The summed E-state index contributed by atoms with van der Waals surface area (Å²) in [6.45, 7) is 2.25. The summed E-state index contributed by atoms with van der Waals surface area (Å²) < 4.78 is 0. The smallest absolute Gasteiger partial charge is 0.550 e. The molecule has 0 saturated heterocycles. The third kappa shape index (κ3) is 26.7. The van der Waals surface area contributed by atoms with Crippen molar-refractivity contribution in [2.45, 2.75) is 122 Å². The van der Waals surface area contributed by atoms with Crippen molar-refractivity contribution in [2.75, 3.05) is 0 Å². The number of aliphatic carboxylic acids is 2. The zero-order valence-corrected chi connectivity index (χ0v) is 24.1. The molecule has 0 fully saturated rings. The fourth-order valence-electron chi connectivity index (χ4n) is 3.50. The molecular formula is C24H42Na2O4. The van der Waals surface area contributed by atoms with E-state index in [1.165, 1.54) is 83.5 Å². The van der Waals surface area contributed by atoms with Gasteiger partial charge in [0.1, 0.15) is 0 Å². The number of carboxylic acid groups (broad SMARTS) is 2. The van der Waals surface area contributed by atoms with Gasteiger partial charge in [0.15, 0.2) is 0 Å². The van der Waals surface area contributed by atoms with Crippen LogP contribution in [0, 0.1) is 5.92 Å². The fraction of sp³-hybridized carbons (Fsp3) is 0.833. The van der Waals surface area contributed by atoms with Crippen LogP contribution in [0.1, 0.15) is 122 Å². The van der Waals surface area contributed by atoms with Crippen LogP contribution in [0.15, 0.2) is 12.2 Å². The maximum absolute atomic E-state index is 10.8. The first-order valence-electron chi connectivity index (χ1n) is 11.6. The number of rotatable bonds is 21. The summed E-state index contributed by atoms with van der Waals surface area (Å²) in [5.74, 6) is -3.49. The third-order valence-electron chi connectivity index (χ3n) is 5.31. The monoisotopic (exact) mass is 440 g/mol. The number of carboxylic acids is 2. The number of hydrogen-bond donors (Lipinski definition) is 0. The number of carbonyl (C=O) groups is 2. The van der Waals surface area contributed by atoms with Gasteiger partial charge in [-0.15, -0.1) is 0 Å². The van der Waals surface area contributed by atoms with E-state index in [4.69, 9.17) is 0 Å². The average Bonchev–Trinajstić information content (AvgIpc) is 2.65. The molecule has 0 aliphatic rings. The maximum atomic E-state index is 10.8. The van der Waals surface area contributed by atoms with Crippen LogP contribution >= 0.6 is 0 Å². The summed E-state index contributed by atoms with van der Waals surface area (Å²) in [5, 5.41) is 21.3. The molecule has 4 nitrogen and oxygen atoms in total.